The van der Waals surface area contributed by atoms with Gasteiger partial charge in [0.1, 0.15) is 11.3 Å². The zero-order valence-electron chi connectivity index (χ0n) is 19.8. The van der Waals surface area contributed by atoms with Gasteiger partial charge in [-0.3, -0.25) is 5.10 Å². The highest BCUT2D eigenvalue weighted by Crippen LogP contribution is 2.50. The number of rotatable bonds is 2. The fourth-order valence-electron chi connectivity index (χ4n) is 6.06. The van der Waals surface area contributed by atoms with E-state index in [4.69, 9.17) is 16.3 Å². The van der Waals surface area contributed by atoms with Gasteiger partial charge in [-0.1, -0.05) is 30.2 Å². The summed E-state index contributed by atoms with van der Waals surface area (Å²) in [6, 6.07) is -0.313. The number of hydrogen-bond donors (Lipinski definition) is 1. The highest BCUT2D eigenvalue weighted by molar-refractivity contribution is 5.98. The van der Waals surface area contributed by atoms with Crippen molar-refractivity contribution in [2.75, 3.05) is 13.1 Å². The summed E-state index contributed by atoms with van der Waals surface area (Å²) in [6.07, 6.45) is 13.7. The van der Waals surface area contributed by atoms with E-state index >= 15 is 0 Å². The molecular formula is C26H33N5O2. The third-order valence-electron chi connectivity index (χ3n) is 7.55. The molecule has 7 nitrogen and oxygen atoms in total. The molecule has 0 bridgehead atoms. The Morgan fingerprint density at radius 1 is 1.24 bits per heavy atom. The van der Waals surface area contributed by atoms with Crippen LogP contribution in [-0.4, -0.2) is 51.6 Å². The maximum absolute atomic E-state index is 12.5. The van der Waals surface area contributed by atoms with Crippen molar-refractivity contribution in [1.29, 1.82) is 0 Å². The SMILES string of the molecule is [C-]#[N+]C1C(C2CCN(C(=O)OC(C)(C)C)CC2)=Nc2[nH]ncc2C1C1=CC=CC2CCCC12. The molecule has 2 fully saturated rings. The van der Waals surface area contributed by atoms with Crippen molar-refractivity contribution in [2.24, 2.45) is 22.7 Å². The number of aromatic amines is 1. The number of allylic oxidation sites excluding steroid dienone is 3. The van der Waals surface area contributed by atoms with Crippen molar-refractivity contribution in [3.8, 4) is 0 Å². The number of carbonyl (C=O) groups excluding carboxylic acids is 1. The molecule has 2 aliphatic heterocycles. The van der Waals surface area contributed by atoms with Crippen LogP contribution < -0.4 is 0 Å². The van der Waals surface area contributed by atoms with Crippen LogP contribution >= 0.6 is 0 Å². The summed E-state index contributed by atoms with van der Waals surface area (Å²) in [5.74, 6) is 2.09. The van der Waals surface area contributed by atoms with Gasteiger partial charge in [0.05, 0.1) is 12.1 Å². The lowest BCUT2D eigenvalue weighted by Crippen LogP contribution is -2.45. The summed E-state index contributed by atoms with van der Waals surface area (Å²) in [7, 11) is 0. The maximum Gasteiger partial charge on any atom is 0.410 e. The molecule has 4 aliphatic rings. The number of aliphatic imine (C=N–C) groups is 1. The Morgan fingerprint density at radius 2 is 2.03 bits per heavy atom. The van der Waals surface area contributed by atoms with Gasteiger partial charge in [-0.2, -0.15) is 5.10 Å². The third-order valence-corrected chi connectivity index (χ3v) is 7.55. The maximum atomic E-state index is 12.5. The standard InChI is InChI=1S/C26H33N5O2/c1-26(2,3)33-25(32)31-13-11-17(12-14-31)22-23(27-4)21(20-15-28-30-24(20)29-22)19-10-6-8-16-7-5-9-18(16)19/h6,8,10,15-18,21,23H,5,7,9,11-14H2,1-3H3,(H,28,30). The molecule has 5 rings (SSSR count). The minimum absolute atomic E-state index is 0.00295. The third kappa shape index (κ3) is 4.12. The van der Waals surface area contributed by atoms with Gasteiger partial charge in [0.2, 0.25) is 0 Å². The van der Waals surface area contributed by atoms with Crippen molar-refractivity contribution < 1.29 is 9.53 Å². The van der Waals surface area contributed by atoms with Crippen molar-refractivity contribution in [3.05, 3.63) is 47.0 Å². The number of fused-ring (bicyclic) bond motifs is 2. The zero-order chi connectivity index (χ0) is 23.2. The molecule has 1 amide bonds. The number of amides is 1. The predicted octanol–water partition coefficient (Wildman–Crippen LogP) is 5.43. The molecule has 0 radical (unpaired) electrons. The number of ether oxygens (including phenoxy) is 1. The van der Waals surface area contributed by atoms with Crippen molar-refractivity contribution in [1.82, 2.24) is 15.1 Å². The van der Waals surface area contributed by atoms with Crippen LogP contribution in [0, 0.1) is 24.3 Å². The lowest BCUT2D eigenvalue weighted by Gasteiger charge is -2.37. The van der Waals surface area contributed by atoms with Gasteiger partial charge < -0.3 is 14.5 Å². The Kier molecular flexibility index (Phi) is 5.64. The molecule has 4 unspecified atom stereocenters. The van der Waals surface area contributed by atoms with Gasteiger partial charge in [0.25, 0.3) is 6.04 Å². The van der Waals surface area contributed by atoms with Crippen molar-refractivity contribution >= 4 is 17.6 Å². The topological polar surface area (TPSA) is 74.9 Å². The molecule has 7 heteroatoms. The second kappa shape index (κ2) is 8.48. The van der Waals surface area contributed by atoms with Crippen molar-refractivity contribution in [2.45, 2.75) is 70.4 Å². The number of nitrogens with one attached hydrogen (secondary N) is 1. The van der Waals surface area contributed by atoms with Crippen LogP contribution in [0.3, 0.4) is 0 Å². The highest BCUT2D eigenvalue weighted by Gasteiger charge is 2.47. The molecule has 1 saturated heterocycles. The Balaban J connectivity index is 1.39. The second-order valence-corrected chi connectivity index (χ2v) is 10.8. The fraction of sp³-hybridized carbons (Fsp3) is 0.615. The molecular weight excluding hydrogens is 414 g/mol. The van der Waals surface area contributed by atoms with Crippen LogP contribution in [0.2, 0.25) is 0 Å². The molecule has 2 aliphatic carbocycles. The molecule has 3 heterocycles. The number of nitrogens with zero attached hydrogens (tertiary/aromatic N) is 4. The smallest absolute Gasteiger partial charge is 0.410 e. The first-order valence-corrected chi connectivity index (χ1v) is 12.2. The van der Waals surface area contributed by atoms with Crippen LogP contribution in [0.1, 0.15) is 64.4 Å². The Morgan fingerprint density at radius 3 is 2.76 bits per heavy atom. The van der Waals surface area contributed by atoms with Gasteiger partial charge in [-0.05, 0) is 58.3 Å². The Labute approximate surface area is 195 Å². The van der Waals surface area contributed by atoms with E-state index < -0.39 is 5.60 Å². The average molecular weight is 448 g/mol. The van der Waals surface area contributed by atoms with Crippen LogP contribution in [0.25, 0.3) is 4.85 Å². The Hall–Kier alpha value is -2.88. The summed E-state index contributed by atoms with van der Waals surface area (Å²) in [6.45, 7) is 15.1. The van der Waals surface area contributed by atoms with Crippen molar-refractivity contribution in [3.63, 3.8) is 0 Å². The monoisotopic (exact) mass is 447 g/mol. The minimum atomic E-state index is -0.499. The summed E-state index contributed by atoms with van der Waals surface area (Å²) < 4.78 is 5.55. The quantitative estimate of drug-likeness (QED) is 0.615. The highest BCUT2D eigenvalue weighted by atomic mass is 16.6. The van der Waals surface area contributed by atoms with Gasteiger partial charge in [0, 0.05) is 24.6 Å². The molecule has 1 aromatic rings. The van der Waals surface area contributed by atoms with E-state index in [1.165, 1.54) is 24.8 Å². The first-order valence-electron chi connectivity index (χ1n) is 12.2. The number of piperidine rings is 1. The number of carbonyl (C=O) groups is 1. The lowest BCUT2D eigenvalue weighted by atomic mass is 9.70. The number of hydrogen-bond acceptors (Lipinski definition) is 4. The van der Waals surface area contributed by atoms with E-state index in [0.717, 1.165) is 29.9 Å². The summed E-state index contributed by atoms with van der Waals surface area (Å²) in [5.41, 5.74) is 2.89. The molecule has 174 valence electrons. The largest absolute Gasteiger partial charge is 0.444 e. The normalized spacial score (nSPS) is 29.6. The number of H-pyrrole nitrogens is 1. The molecule has 33 heavy (non-hydrogen) atoms. The van der Waals surface area contributed by atoms with E-state index in [2.05, 4.69) is 33.3 Å². The number of likely N-dealkylation sites (tertiary alicyclic amines) is 1. The number of aromatic nitrogens is 2. The molecule has 1 saturated carbocycles. The molecule has 0 spiro atoms. The molecule has 1 aromatic heterocycles. The summed E-state index contributed by atoms with van der Waals surface area (Å²) in [4.78, 5) is 23.4. The van der Waals surface area contributed by atoms with Crippen LogP contribution in [0.5, 0.6) is 0 Å². The van der Waals surface area contributed by atoms with Crippen LogP contribution in [0.15, 0.2) is 35.0 Å². The van der Waals surface area contributed by atoms with Crippen LogP contribution in [0.4, 0.5) is 10.6 Å². The minimum Gasteiger partial charge on any atom is -0.444 e. The van der Waals surface area contributed by atoms with Gasteiger partial charge in [-0.25, -0.2) is 16.4 Å². The van der Waals surface area contributed by atoms with E-state index in [1.54, 1.807) is 4.90 Å². The second-order valence-electron chi connectivity index (χ2n) is 10.8. The van der Waals surface area contributed by atoms with E-state index in [9.17, 15) is 4.79 Å². The van der Waals surface area contributed by atoms with Gasteiger partial charge >= 0.3 is 6.09 Å². The fourth-order valence-corrected chi connectivity index (χ4v) is 6.06. The van der Waals surface area contributed by atoms with Gasteiger partial charge in [0.15, 0.2) is 5.82 Å². The molecule has 1 N–H and O–H groups in total. The lowest BCUT2D eigenvalue weighted by molar-refractivity contribution is 0.0201. The molecule has 0 aromatic carbocycles. The van der Waals surface area contributed by atoms with Crippen LogP contribution in [-0.2, 0) is 4.74 Å². The Bertz CT molecular complexity index is 1050. The first kappa shape index (κ1) is 21.9. The van der Waals surface area contributed by atoms with E-state index in [0.29, 0.717) is 24.9 Å². The average Bonchev–Trinajstić information content (AvgIpc) is 3.46. The predicted molar refractivity (Wildman–Crippen MR) is 127 cm³/mol. The molecule has 4 atom stereocenters. The first-order chi connectivity index (χ1) is 15.9. The van der Waals surface area contributed by atoms with Gasteiger partial charge in [-0.15, -0.1) is 0 Å². The zero-order valence-corrected chi connectivity index (χ0v) is 19.8. The van der Waals surface area contributed by atoms with E-state index in [-0.39, 0.29) is 24.0 Å². The van der Waals surface area contributed by atoms with E-state index in [1.807, 2.05) is 27.0 Å². The summed E-state index contributed by atoms with van der Waals surface area (Å²) >= 11 is 0. The summed E-state index contributed by atoms with van der Waals surface area (Å²) in [5, 5.41) is 7.39.